The molecule has 3 unspecified atom stereocenters. The Kier molecular flexibility index (Phi) is 17.1. The first-order valence-electron chi connectivity index (χ1n) is 29.3. The van der Waals surface area contributed by atoms with Crippen molar-refractivity contribution in [2.45, 2.75) is 116 Å². The molecule has 12 rings (SSSR count). The molecule has 5 saturated heterocycles. The van der Waals surface area contributed by atoms with E-state index in [2.05, 4.69) is 76.4 Å². The summed E-state index contributed by atoms with van der Waals surface area (Å²) in [5.74, 6) is 0.921. The van der Waals surface area contributed by atoms with Crippen LogP contribution in [-0.2, 0) is 16.0 Å². The van der Waals surface area contributed by atoms with Crippen LogP contribution in [0.2, 0.25) is 0 Å². The van der Waals surface area contributed by atoms with E-state index in [1.54, 1.807) is 34.6 Å². The molecule has 5 fully saturated rings. The van der Waals surface area contributed by atoms with Gasteiger partial charge in [-0.1, -0.05) is 74.8 Å². The number of piperidine rings is 1. The highest BCUT2D eigenvalue weighted by molar-refractivity contribution is 7.13. The third kappa shape index (κ3) is 12.2. The van der Waals surface area contributed by atoms with Crippen molar-refractivity contribution < 1.29 is 28.3 Å². The number of rotatable bonds is 15. The fourth-order valence-corrected chi connectivity index (χ4v) is 13.4. The molecule has 3 N–H and O–H groups in total. The summed E-state index contributed by atoms with van der Waals surface area (Å²) < 4.78 is 28.5. The first-order chi connectivity index (χ1) is 39.3. The molecule has 9 heterocycles. The molecule has 19 heteroatoms. The largest absolute Gasteiger partial charge is 0.508 e. The minimum absolute atomic E-state index is 0.00437. The van der Waals surface area contributed by atoms with Crippen LogP contribution in [-0.4, -0.2) is 154 Å². The Morgan fingerprint density at radius 3 is 2.38 bits per heavy atom. The number of hydrogen-bond donors (Lipinski definition) is 3. The van der Waals surface area contributed by atoms with E-state index in [-0.39, 0.29) is 46.7 Å². The van der Waals surface area contributed by atoms with Crippen LogP contribution >= 0.6 is 11.3 Å². The third-order valence-corrected chi connectivity index (χ3v) is 18.1. The van der Waals surface area contributed by atoms with E-state index in [1.165, 1.54) is 19.3 Å². The van der Waals surface area contributed by atoms with Crippen molar-refractivity contribution in [2.24, 2.45) is 5.92 Å². The van der Waals surface area contributed by atoms with E-state index in [0.717, 1.165) is 128 Å². The molecule has 5 atom stereocenters. The van der Waals surface area contributed by atoms with Gasteiger partial charge in [0, 0.05) is 82.3 Å². The van der Waals surface area contributed by atoms with Crippen molar-refractivity contribution >= 4 is 56.5 Å². The zero-order valence-electron chi connectivity index (χ0n) is 47.7. The Labute approximate surface area is 478 Å². The summed E-state index contributed by atoms with van der Waals surface area (Å²) in [5.41, 5.74) is 7.02. The van der Waals surface area contributed by atoms with Crippen LogP contribution in [0.4, 0.5) is 16.0 Å². The van der Waals surface area contributed by atoms with Crippen molar-refractivity contribution in [1.82, 2.24) is 50.4 Å². The highest BCUT2D eigenvalue weighted by Gasteiger charge is 2.41. The second-order valence-corrected chi connectivity index (χ2v) is 23.9. The number of anilines is 2. The predicted molar refractivity (Wildman–Crippen MR) is 317 cm³/mol. The smallest absolute Gasteiger partial charge is 0.319 e. The Bertz CT molecular complexity index is 3330. The number of likely N-dealkylation sites (tertiary alicyclic amines) is 2. The van der Waals surface area contributed by atoms with Crippen molar-refractivity contribution in [2.75, 3.05) is 88.9 Å². The maximum Gasteiger partial charge on any atom is 0.319 e. The summed E-state index contributed by atoms with van der Waals surface area (Å²) in [6.45, 7) is 19.4. The second kappa shape index (κ2) is 24.7. The van der Waals surface area contributed by atoms with Crippen molar-refractivity contribution in [3.05, 3.63) is 101 Å². The van der Waals surface area contributed by atoms with Gasteiger partial charge in [0.15, 0.2) is 17.4 Å². The number of carbonyl (C=O) groups is 2. The number of ether oxygens (including phenoxy) is 1. The number of phenols is 1. The predicted octanol–water partition coefficient (Wildman–Crippen LogP) is 9.52. The first kappa shape index (κ1) is 56.1. The number of thiazole rings is 1. The van der Waals surface area contributed by atoms with Crippen molar-refractivity contribution in [1.29, 1.82) is 0 Å². The molecule has 17 nitrogen and oxygen atoms in total. The molecule has 4 aromatic heterocycles. The fourth-order valence-electron chi connectivity index (χ4n) is 12.6. The van der Waals surface area contributed by atoms with E-state index in [9.17, 15) is 14.7 Å². The molecule has 3 aromatic carbocycles. The summed E-state index contributed by atoms with van der Waals surface area (Å²) in [5, 5.41) is 24.0. The molecule has 2 amide bonds. The highest BCUT2D eigenvalue weighted by Crippen LogP contribution is 2.40. The molecule has 7 aromatic rings. The van der Waals surface area contributed by atoms with Crippen LogP contribution in [0.1, 0.15) is 107 Å². The monoisotopic (exact) mass is 1120 g/mol. The number of carbonyl (C=O) groups excluding carboxylic acids is 2. The number of benzene rings is 3. The highest BCUT2D eigenvalue weighted by atomic mass is 32.1. The number of aryl methyl sites for hydroxylation is 2. The molecule has 5 aliphatic rings. The maximum absolute atomic E-state index is 16.6. The summed E-state index contributed by atoms with van der Waals surface area (Å²) >= 11 is 1.63. The number of halogens is 1. The van der Waals surface area contributed by atoms with Gasteiger partial charge in [-0.2, -0.15) is 9.97 Å². The molecule has 2 bridgehead atoms. The van der Waals surface area contributed by atoms with Crippen molar-refractivity contribution in [3.63, 3.8) is 0 Å². The van der Waals surface area contributed by atoms with Crippen LogP contribution in [0.3, 0.4) is 0 Å². The molecular formula is C62H77FN12O5S. The number of piperazine rings is 2. The van der Waals surface area contributed by atoms with Gasteiger partial charge in [0.2, 0.25) is 11.8 Å². The van der Waals surface area contributed by atoms with Gasteiger partial charge in [-0.3, -0.25) is 19.5 Å². The summed E-state index contributed by atoms with van der Waals surface area (Å²) in [7, 11) is 2.11. The lowest BCUT2D eigenvalue weighted by molar-refractivity contribution is -0.141. The zero-order valence-corrected chi connectivity index (χ0v) is 48.5. The number of pyridine rings is 1. The Morgan fingerprint density at radius 1 is 0.901 bits per heavy atom. The number of hydrogen-bond acceptors (Lipinski definition) is 16. The topological polar surface area (TPSA) is 181 Å². The lowest BCUT2D eigenvalue weighted by atomic mass is 9.91. The molecule has 81 heavy (non-hydrogen) atoms. The Morgan fingerprint density at radius 2 is 1.67 bits per heavy atom. The number of fused-ring (bicyclic) bond motifs is 4. The lowest BCUT2D eigenvalue weighted by Crippen LogP contribution is -2.51. The molecule has 5 aliphatic heterocycles. The molecular weight excluding hydrogens is 1040 g/mol. The zero-order chi connectivity index (χ0) is 56.3. The van der Waals surface area contributed by atoms with Gasteiger partial charge in [0.05, 0.1) is 27.5 Å². The fraction of sp³-hybridized carbons (Fsp3) is 0.500. The van der Waals surface area contributed by atoms with E-state index in [0.29, 0.717) is 54.2 Å². The number of nitrogens with one attached hydrogen (secondary N) is 2. The van der Waals surface area contributed by atoms with Crippen LogP contribution in [0.15, 0.2) is 76.9 Å². The van der Waals surface area contributed by atoms with E-state index in [4.69, 9.17) is 14.2 Å². The molecule has 0 spiro atoms. The molecule has 0 saturated carbocycles. The van der Waals surface area contributed by atoms with Gasteiger partial charge in [0.1, 0.15) is 41.3 Å². The van der Waals surface area contributed by atoms with Gasteiger partial charge in [-0.05, 0) is 124 Å². The third-order valence-electron chi connectivity index (χ3n) is 17.1. The minimum atomic E-state index is -0.525. The van der Waals surface area contributed by atoms with Crippen molar-refractivity contribution in [3.8, 4) is 33.5 Å². The maximum atomic E-state index is 16.6. The van der Waals surface area contributed by atoms with E-state index < -0.39 is 17.8 Å². The second-order valence-electron chi connectivity index (χ2n) is 23.1. The minimum Gasteiger partial charge on any atom is -0.508 e. The van der Waals surface area contributed by atoms with E-state index >= 15 is 4.39 Å². The molecule has 428 valence electrons. The van der Waals surface area contributed by atoms with Gasteiger partial charge < -0.3 is 44.6 Å². The van der Waals surface area contributed by atoms with Crippen LogP contribution in [0.25, 0.3) is 43.4 Å². The van der Waals surface area contributed by atoms with Gasteiger partial charge >= 0.3 is 6.01 Å². The summed E-state index contributed by atoms with van der Waals surface area (Å²) in [6.07, 6.45) is 9.89. The SMILES string of the molecule is CCc1cccc2cc(O)cc(-c3ncc4c(N5CC6CCC(C5)N6)nc(OCCN5CCCCC5)nc4c3F)c12.Cc1ncsc1-c1ccc([C@H](C)NC(=O)[C@@H]2CCCN2C(=O)C(c2cc(N3CCN(C)CC3)no2)C(C)C)cc1. The quantitative estimate of drug-likeness (QED) is 0.0882. The number of nitrogens with zero attached hydrogens (tertiary/aromatic N) is 10. The normalized spacial score (nSPS) is 20.4. The Hall–Kier alpha value is -6.80. The van der Waals surface area contributed by atoms with E-state index in [1.807, 2.05) is 69.6 Å². The number of aromatic hydroxyl groups is 1. The van der Waals surface area contributed by atoms with Gasteiger partial charge in [-0.15, -0.1) is 11.3 Å². The van der Waals surface area contributed by atoms with Gasteiger partial charge in [0.25, 0.3) is 0 Å². The average molecular weight is 1120 g/mol. The summed E-state index contributed by atoms with van der Waals surface area (Å²) in [4.78, 5) is 57.8. The van der Waals surface area contributed by atoms with Gasteiger partial charge in [-0.25, -0.2) is 9.37 Å². The molecule has 0 aliphatic carbocycles. The number of amides is 2. The summed E-state index contributed by atoms with van der Waals surface area (Å²) in [6, 6.07) is 19.7. The number of aromatic nitrogens is 5. The van der Waals surface area contributed by atoms with Crippen LogP contribution in [0, 0.1) is 18.7 Å². The van der Waals surface area contributed by atoms with Crippen LogP contribution in [0.5, 0.6) is 11.8 Å². The average Bonchev–Trinajstić information content (AvgIpc) is 4.40. The number of phenolic OH excluding ortho intramolecular Hbond substituents is 1. The first-order valence-corrected chi connectivity index (χ1v) is 30.2. The van der Waals surface area contributed by atoms with Crippen LogP contribution < -0.4 is 25.2 Å². The lowest BCUT2D eigenvalue weighted by Gasteiger charge is -2.34. The number of likely N-dealkylation sites (N-methyl/N-ethyl adjacent to an activating group) is 1. The standard InChI is InChI=1S/C32H37FN6O2.C30H40N6O3S/c1-2-20-7-6-8-21-15-24(40)16-25(27(20)21)29-28(33)30-26(17-34-29)31(39-18-22-9-10-23(19-39)35-22)37-32(36-30)41-14-13-38-11-4-3-5-12-38;1-19(2)27(25-17-26(33-39-25)35-15-13-34(5)14-16-35)30(38)36-12-6-7-24(36)29(37)32-20(3)22-8-10-23(11-9-22)28-21(4)31-18-40-28/h6-8,15-17,22-23,35,40H,2-5,9-14,18-19H2,1H3;8-11,17-20,24,27H,6-7,12-16H2,1-5H3,(H,32,37)/t;20-,24-,27?/m.0/s1. The Balaban J connectivity index is 0.000000170. The molecule has 0 radical (unpaired) electrons.